The Morgan fingerprint density at radius 2 is 1.73 bits per heavy atom. The van der Waals surface area contributed by atoms with Crippen molar-refractivity contribution in [3.8, 4) is 0 Å². The first-order valence-corrected chi connectivity index (χ1v) is 9.54. The van der Waals surface area contributed by atoms with E-state index in [9.17, 15) is 45.8 Å². The molecule has 182 valence electrons. The molecule has 4 aliphatic heterocycles. The summed E-state index contributed by atoms with van der Waals surface area (Å²) in [6.45, 7) is -0.837. The molecule has 0 aromatic carbocycles. The third kappa shape index (κ3) is 4.67. The molecule has 33 heavy (non-hydrogen) atoms. The van der Waals surface area contributed by atoms with Crippen LogP contribution in [0.4, 0.5) is 26.3 Å². The molecule has 0 saturated carbocycles. The number of carbonyl (C=O) groups is 4. The smallest absolute Gasteiger partial charge is 0.477 e. The van der Waals surface area contributed by atoms with Gasteiger partial charge in [0.2, 0.25) is 11.8 Å². The topological polar surface area (TPSA) is 127 Å². The summed E-state index contributed by atoms with van der Waals surface area (Å²) in [6.07, 6.45) is -7.44. The third-order valence-electron chi connectivity index (χ3n) is 5.65. The van der Waals surface area contributed by atoms with Crippen molar-refractivity contribution in [1.82, 2.24) is 15.1 Å². The van der Waals surface area contributed by atoms with Crippen LogP contribution in [0.1, 0.15) is 12.8 Å². The van der Waals surface area contributed by atoms with Gasteiger partial charge in [-0.25, -0.2) is 9.59 Å². The first kappa shape index (κ1) is 24.5. The molecule has 3 atom stereocenters. The molecule has 2 amide bonds. The summed E-state index contributed by atoms with van der Waals surface area (Å²) in [4.78, 5) is 47.0. The van der Waals surface area contributed by atoms with E-state index in [1.165, 1.54) is 11.0 Å². The second-order valence-corrected chi connectivity index (χ2v) is 7.70. The number of nitrogens with one attached hydrogen (secondary N) is 1. The minimum Gasteiger partial charge on any atom is -0.477 e. The van der Waals surface area contributed by atoms with E-state index in [1.807, 2.05) is 0 Å². The van der Waals surface area contributed by atoms with Crippen molar-refractivity contribution in [2.45, 2.75) is 37.3 Å². The second kappa shape index (κ2) is 8.35. The normalized spacial score (nSPS) is 27.9. The lowest BCUT2D eigenvalue weighted by molar-refractivity contribution is -0.192. The van der Waals surface area contributed by atoms with Gasteiger partial charge >= 0.3 is 24.3 Å². The Kier molecular flexibility index (Phi) is 6.21. The SMILES string of the molecule is O=C(O)C(F)(F)F.O=C(O)C1=C(/C=C2\CCN(CC(F)(F)F)C2=O)C2CCN[C@@H]3C(=O)N1[C@H]23. The molecule has 1 unspecified atom stereocenters. The predicted octanol–water partition coefficient (Wildman–Crippen LogP) is 0.882. The molecule has 0 spiro atoms. The zero-order valence-electron chi connectivity index (χ0n) is 16.5. The van der Waals surface area contributed by atoms with Gasteiger partial charge in [0.25, 0.3) is 0 Å². The number of rotatable bonds is 3. The van der Waals surface area contributed by atoms with Crippen molar-refractivity contribution < 1.29 is 55.7 Å². The van der Waals surface area contributed by atoms with Crippen molar-refractivity contribution in [1.29, 1.82) is 0 Å². The maximum atomic E-state index is 12.6. The average Bonchev–Trinajstić information content (AvgIpc) is 3.18. The monoisotopic (exact) mass is 485 g/mol. The molecule has 4 rings (SSSR count). The molecular formula is C18H17F6N3O6. The Hall–Kier alpha value is -3.10. The standard InChI is InChI=1S/C16H16F3N3O4.C2HF3O2/c17-16(18,19)6-21-4-2-7(13(21)23)5-9-8-1-3-20-10-11(8)22(14(10)24)12(9)15(25)26;3-2(4,5)1(6)7/h5,8,10-11,20H,1-4,6H2,(H,25,26);(H,6,7)/b7-5+;/t8?,10-,11+;/m0./s1. The van der Waals surface area contributed by atoms with Gasteiger partial charge in [-0.3, -0.25) is 14.5 Å². The van der Waals surface area contributed by atoms with Gasteiger partial charge in [0.05, 0.1) is 6.04 Å². The largest absolute Gasteiger partial charge is 0.490 e. The highest BCUT2D eigenvalue weighted by atomic mass is 19.4. The van der Waals surface area contributed by atoms with Gasteiger partial charge in [0.15, 0.2) is 0 Å². The number of halogens is 6. The van der Waals surface area contributed by atoms with Crippen LogP contribution in [0.15, 0.2) is 22.9 Å². The molecule has 0 aromatic rings. The van der Waals surface area contributed by atoms with Crippen LogP contribution >= 0.6 is 0 Å². The van der Waals surface area contributed by atoms with Gasteiger partial charge in [-0.1, -0.05) is 0 Å². The Morgan fingerprint density at radius 1 is 1.12 bits per heavy atom. The Bertz CT molecular complexity index is 956. The molecule has 0 aromatic heterocycles. The number of aliphatic carboxylic acids is 2. The van der Waals surface area contributed by atoms with Crippen LogP contribution in [0.2, 0.25) is 0 Å². The first-order chi connectivity index (χ1) is 15.1. The Morgan fingerprint density at radius 3 is 2.24 bits per heavy atom. The van der Waals surface area contributed by atoms with Crippen LogP contribution < -0.4 is 5.32 Å². The summed E-state index contributed by atoms with van der Waals surface area (Å²) < 4.78 is 69.4. The van der Waals surface area contributed by atoms with E-state index < -0.39 is 42.8 Å². The van der Waals surface area contributed by atoms with E-state index in [2.05, 4.69) is 5.32 Å². The van der Waals surface area contributed by atoms with Crippen molar-refractivity contribution in [2.75, 3.05) is 19.6 Å². The van der Waals surface area contributed by atoms with Gasteiger partial charge in [0, 0.05) is 18.0 Å². The first-order valence-electron chi connectivity index (χ1n) is 9.54. The van der Waals surface area contributed by atoms with Crippen LogP contribution in [0.25, 0.3) is 0 Å². The maximum absolute atomic E-state index is 12.6. The number of likely N-dealkylation sites (tertiary alicyclic amines) is 1. The van der Waals surface area contributed by atoms with Gasteiger partial charge in [0.1, 0.15) is 18.3 Å². The molecule has 3 N–H and O–H groups in total. The summed E-state index contributed by atoms with van der Waals surface area (Å²) in [5, 5.41) is 19.7. The average molecular weight is 485 g/mol. The van der Waals surface area contributed by atoms with Gasteiger partial charge in [-0.2, -0.15) is 26.3 Å². The number of piperidine rings is 1. The van der Waals surface area contributed by atoms with Crippen LogP contribution in [-0.4, -0.2) is 87.8 Å². The fourth-order valence-corrected chi connectivity index (χ4v) is 4.37. The van der Waals surface area contributed by atoms with Crippen molar-refractivity contribution >= 4 is 23.8 Å². The van der Waals surface area contributed by atoms with Gasteiger partial charge in [-0.05, 0) is 31.0 Å². The fourth-order valence-electron chi connectivity index (χ4n) is 4.37. The van der Waals surface area contributed by atoms with E-state index in [0.29, 0.717) is 23.4 Å². The summed E-state index contributed by atoms with van der Waals surface area (Å²) in [5.41, 5.74) is 0.379. The van der Waals surface area contributed by atoms with Gasteiger partial charge in [-0.15, -0.1) is 0 Å². The van der Waals surface area contributed by atoms with E-state index in [0.717, 1.165) is 0 Å². The number of carbonyl (C=O) groups excluding carboxylic acids is 2. The number of nitrogens with zero attached hydrogens (tertiary/aromatic N) is 2. The summed E-state index contributed by atoms with van der Waals surface area (Å²) in [5.74, 6) is -5.29. The molecule has 4 aliphatic rings. The Balaban J connectivity index is 0.000000383. The maximum Gasteiger partial charge on any atom is 0.490 e. The second-order valence-electron chi connectivity index (χ2n) is 7.70. The van der Waals surface area contributed by atoms with Crippen molar-refractivity contribution in [2.24, 2.45) is 5.92 Å². The highest BCUT2D eigenvalue weighted by Gasteiger charge is 2.60. The highest BCUT2D eigenvalue weighted by molar-refractivity contribution is 6.03. The zero-order chi connectivity index (χ0) is 24.9. The predicted molar refractivity (Wildman–Crippen MR) is 94.2 cm³/mol. The quantitative estimate of drug-likeness (QED) is 0.308. The number of amides is 2. The Labute approximate surface area is 181 Å². The lowest BCUT2D eigenvalue weighted by Gasteiger charge is -2.48. The number of β-lactam (4-membered cyclic amide) rings is 1. The fraction of sp³-hybridized carbons (Fsp3) is 0.556. The minimum atomic E-state index is -5.08. The van der Waals surface area contributed by atoms with Gasteiger partial charge < -0.3 is 20.4 Å². The lowest BCUT2D eigenvalue weighted by atomic mass is 9.79. The molecule has 9 nitrogen and oxygen atoms in total. The summed E-state index contributed by atoms with van der Waals surface area (Å²) >= 11 is 0. The summed E-state index contributed by atoms with van der Waals surface area (Å²) in [6, 6.07) is -0.725. The molecule has 0 aliphatic carbocycles. The molecule has 3 saturated heterocycles. The summed E-state index contributed by atoms with van der Waals surface area (Å²) in [7, 11) is 0. The number of hydrogen-bond acceptors (Lipinski definition) is 5. The van der Waals surface area contributed by atoms with Crippen molar-refractivity contribution in [3.05, 3.63) is 22.9 Å². The number of alkyl halides is 6. The van der Waals surface area contributed by atoms with E-state index >= 15 is 0 Å². The highest BCUT2D eigenvalue weighted by Crippen LogP contribution is 2.47. The van der Waals surface area contributed by atoms with E-state index in [4.69, 9.17) is 9.90 Å². The van der Waals surface area contributed by atoms with Crippen LogP contribution in [-0.2, 0) is 19.2 Å². The van der Waals surface area contributed by atoms with Crippen LogP contribution in [0.5, 0.6) is 0 Å². The molecule has 0 bridgehead atoms. The van der Waals surface area contributed by atoms with E-state index in [-0.39, 0.29) is 42.1 Å². The number of carboxylic acids is 2. The third-order valence-corrected chi connectivity index (χ3v) is 5.65. The number of allylic oxidation sites excluding steroid dienone is 1. The number of carboxylic acid groups (broad SMARTS) is 2. The lowest BCUT2D eigenvalue weighted by Crippen LogP contribution is -2.71. The molecular weight excluding hydrogens is 468 g/mol. The molecule has 0 radical (unpaired) electrons. The van der Waals surface area contributed by atoms with Crippen LogP contribution in [0.3, 0.4) is 0 Å². The number of hydrogen-bond donors (Lipinski definition) is 3. The zero-order valence-corrected chi connectivity index (χ0v) is 16.5. The molecule has 15 heteroatoms. The van der Waals surface area contributed by atoms with Crippen molar-refractivity contribution in [3.63, 3.8) is 0 Å². The minimum absolute atomic E-state index is 0.0548. The van der Waals surface area contributed by atoms with E-state index in [1.54, 1.807) is 0 Å². The van der Waals surface area contributed by atoms with Crippen LogP contribution in [0, 0.1) is 5.92 Å². The molecule has 4 heterocycles. The molecule has 3 fully saturated rings.